The normalized spacial score (nSPS) is 16.2. The number of benzene rings is 2. The number of morpholine rings is 1. The van der Waals surface area contributed by atoms with Crippen molar-refractivity contribution in [3.8, 4) is 0 Å². The van der Waals surface area contributed by atoms with Crippen LogP contribution in [0.15, 0.2) is 48.5 Å². The Morgan fingerprint density at radius 2 is 1.76 bits per heavy atom. The SMILES string of the molecule is Cl.Clc1ccc(COC(CN2CCOCC2)c2ccccc2)c(Cl)c1. The standard InChI is InChI=1S/C19H21Cl2NO2.ClH/c20-17-7-6-16(18(21)12-17)14-24-19(15-4-2-1-3-5-15)13-22-8-10-23-11-9-22;/h1-7,12,19H,8-11,13-14H2;1H. The highest BCUT2D eigenvalue weighted by Crippen LogP contribution is 2.25. The molecular weight excluding hydrogens is 381 g/mol. The highest BCUT2D eigenvalue weighted by atomic mass is 35.5. The van der Waals surface area contributed by atoms with E-state index >= 15 is 0 Å². The predicted molar refractivity (Wildman–Crippen MR) is 105 cm³/mol. The molecule has 0 saturated carbocycles. The van der Waals surface area contributed by atoms with E-state index in [1.807, 2.05) is 30.3 Å². The fourth-order valence-corrected chi connectivity index (χ4v) is 3.23. The lowest BCUT2D eigenvalue weighted by atomic mass is 10.1. The maximum Gasteiger partial charge on any atom is 0.0956 e. The molecule has 2 aromatic rings. The smallest absolute Gasteiger partial charge is 0.0956 e. The fraction of sp³-hybridized carbons (Fsp3) is 0.368. The van der Waals surface area contributed by atoms with Crippen molar-refractivity contribution < 1.29 is 9.47 Å². The summed E-state index contributed by atoms with van der Waals surface area (Å²) >= 11 is 12.2. The summed E-state index contributed by atoms with van der Waals surface area (Å²) in [7, 11) is 0. The molecule has 136 valence electrons. The third-order valence-corrected chi connectivity index (χ3v) is 4.74. The first-order valence-corrected chi connectivity index (χ1v) is 8.88. The van der Waals surface area contributed by atoms with E-state index in [0.717, 1.165) is 38.4 Å². The summed E-state index contributed by atoms with van der Waals surface area (Å²) in [6.07, 6.45) is -0.00366. The molecule has 2 aromatic carbocycles. The van der Waals surface area contributed by atoms with Gasteiger partial charge in [0.15, 0.2) is 0 Å². The topological polar surface area (TPSA) is 21.7 Å². The number of hydrogen-bond acceptors (Lipinski definition) is 3. The van der Waals surface area contributed by atoms with Crippen molar-refractivity contribution in [2.24, 2.45) is 0 Å². The molecule has 0 aromatic heterocycles. The van der Waals surface area contributed by atoms with E-state index in [9.17, 15) is 0 Å². The number of nitrogens with zero attached hydrogens (tertiary/aromatic N) is 1. The van der Waals surface area contributed by atoms with Gasteiger partial charge in [-0.25, -0.2) is 0 Å². The summed E-state index contributed by atoms with van der Waals surface area (Å²) in [5, 5.41) is 1.28. The molecule has 1 atom stereocenters. The highest BCUT2D eigenvalue weighted by Gasteiger charge is 2.19. The minimum atomic E-state index is -0.00366. The van der Waals surface area contributed by atoms with Gasteiger partial charge < -0.3 is 9.47 Å². The summed E-state index contributed by atoms with van der Waals surface area (Å²) in [4.78, 5) is 2.38. The maximum atomic E-state index is 6.26. The van der Waals surface area contributed by atoms with Crippen LogP contribution in [-0.4, -0.2) is 37.7 Å². The molecule has 0 amide bonds. The number of ether oxygens (including phenoxy) is 2. The zero-order valence-electron chi connectivity index (χ0n) is 13.9. The molecule has 0 radical (unpaired) electrons. The van der Waals surface area contributed by atoms with E-state index in [-0.39, 0.29) is 18.5 Å². The van der Waals surface area contributed by atoms with Crippen molar-refractivity contribution in [2.75, 3.05) is 32.8 Å². The zero-order chi connectivity index (χ0) is 16.8. The minimum Gasteiger partial charge on any atom is -0.379 e. The van der Waals surface area contributed by atoms with E-state index in [0.29, 0.717) is 16.7 Å². The molecule has 0 N–H and O–H groups in total. The molecule has 3 nitrogen and oxygen atoms in total. The number of halogens is 3. The van der Waals surface area contributed by atoms with Crippen LogP contribution in [0.2, 0.25) is 10.0 Å². The molecule has 6 heteroatoms. The van der Waals surface area contributed by atoms with Crippen LogP contribution in [0, 0.1) is 0 Å². The lowest BCUT2D eigenvalue weighted by molar-refractivity contribution is -0.0191. The second-order valence-corrected chi connectivity index (χ2v) is 6.70. The van der Waals surface area contributed by atoms with E-state index in [2.05, 4.69) is 17.0 Å². The molecule has 1 unspecified atom stereocenters. The van der Waals surface area contributed by atoms with Gasteiger partial charge in [-0.2, -0.15) is 0 Å². The Morgan fingerprint density at radius 3 is 2.44 bits per heavy atom. The highest BCUT2D eigenvalue weighted by molar-refractivity contribution is 6.35. The van der Waals surface area contributed by atoms with Gasteiger partial charge in [0.05, 0.1) is 25.9 Å². The van der Waals surface area contributed by atoms with Crippen LogP contribution in [0.1, 0.15) is 17.2 Å². The quantitative estimate of drug-likeness (QED) is 0.678. The molecular formula is C19H22Cl3NO2. The summed E-state index contributed by atoms with van der Waals surface area (Å²) < 4.78 is 11.7. The molecule has 0 aliphatic carbocycles. The van der Waals surface area contributed by atoms with Gasteiger partial charge in [0.1, 0.15) is 0 Å². The van der Waals surface area contributed by atoms with Crippen LogP contribution >= 0.6 is 35.6 Å². The average Bonchev–Trinajstić information content (AvgIpc) is 2.61. The molecule has 0 bridgehead atoms. The van der Waals surface area contributed by atoms with Crippen molar-refractivity contribution in [1.82, 2.24) is 4.90 Å². The monoisotopic (exact) mass is 401 g/mol. The number of hydrogen-bond donors (Lipinski definition) is 0. The summed E-state index contributed by atoms with van der Waals surface area (Å²) in [6.45, 7) is 4.75. The Bertz CT molecular complexity index is 648. The Labute approximate surface area is 165 Å². The lowest BCUT2D eigenvalue weighted by Crippen LogP contribution is -2.39. The van der Waals surface area contributed by atoms with Crippen molar-refractivity contribution in [1.29, 1.82) is 0 Å². The molecule has 1 heterocycles. The van der Waals surface area contributed by atoms with E-state index in [4.69, 9.17) is 32.7 Å². The van der Waals surface area contributed by atoms with Crippen LogP contribution in [0.25, 0.3) is 0 Å². The van der Waals surface area contributed by atoms with Gasteiger partial charge in [0, 0.05) is 29.7 Å². The summed E-state index contributed by atoms with van der Waals surface area (Å²) in [5.41, 5.74) is 2.12. The van der Waals surface area contributed by atoms with Gasteiger partial charge in [0.2, 0.25) is 0 Å². The van der Waals surface area contributed by atoms with Crippen molar-refractivity contribution in [3.63, 3.8) is 0 Å². The zero-order valence-corrected chi connectivity index (χ0v) is 16.2. The van der Waals surface area contributed by atoms with Crippen LogP contribution < -0.4 is 0 Å². The van der Waals surface area contributed by atoms with Gasteiger partial charge in [-0.3, -0.25) is 4.90 Å². The van der Waals surface area contributed by atoms with Gasteiger partial charge in [-0.05, 0) is 23.3 Å². The van der Waals surface area contributed by atoms with Crippen LogP contribution in [0.5, 0.6) is 0 Å². The van der Waals surface area contributed by atoms with Gasteiger partial charge in [0.25, 0.3) is 0 Å². The average molecular weight is 403 g/mol. The summed E-state index contributed by atoms with van der Waals surface area (Å²) in [6, 6.07) is 15.8. The Hall–Kier alpha value is -0.810. The first-order valence-electron chi connectivity index (χ1n) is 8.13. The fourth-order valence-electron chi connectivity index (χ4n) is 2.77. The molecule has 1 fully saturated rings. The Kier molecular flexibility index (Phi) is 8.50. The third kappa shape index (κ3) is 6.14. The largest absolute Gasteiger partial charge is 0.379 e. The Morgan fingerprint density at radius 1 is 1.04 bits per heavy atom. The minimum absolute atomic E-state index is 0. The van der Waals surface area contributed by atoms with Gasteiger partial charge in [-0.15, -0.1) is 12.4 Å². The second kappa shape index (κ2) is 10.4. The van der Waals surface area contributed by atoms with Crippen LogP contribution in [0.3, 0.4) is 0 Å². The van der Waals surface area contributed by atoms with Crippen molar-refractivity contribution in [2.45, 2.75) is 12.7 Å². The molecule has 1 aliphatic heterocycles. The first kappa shape index (κ1) is 20.5. The first-order chi connectivity index (χ1) is 11.7. The van der Waals surface area contributed by atoms with E-state index in [1.54, 1.807) is 6.07 Å². The molecule has 1 aliphatic rings. The van der Waals surface area contributed by atoms with E-state index in [1.165, 1.54) is 5.56 Å². The van der Waals surface area contributed by atoms with E-state index < -0.39 is 0 Å². The Balaban J connectivity index is 0.00000225. The van der Waals surface area contributed by atoms with Gasteiger partial charge in [-0.1, -0.05) is 59.6 Å². The third-order valence-electron chi connectivity index (χ3n) is 4.15. The molecule has 1 saturated heterocycles. The summed E-state index contributed by atoms with van der Waals surface area (Å²) in [5.74, 6) is 0. The van der Waals surface area contributed by atoms with Crippen LogP contribution in [-0.2, 0) is 16.1 Å². The van der Waals surface area contributed by atoms with Crippen molar-refractivity contribution in [3.05, 3.63) is 69.7 Å². The molecule has 25 heavy (non-hydrogen) atoms. The van der Waals surface area contributed by atoms with Crippen LogP contribution in [0.4, 0.5) is 0 Å². The lowest BCUT2D eigenvalue weighted by Gasteiger charge is -2.30. The second-order valence-electron chi connectivity index (χ2n) is 5.86. The maximum absolute atomic E-state index is 6.26. The van der Waals surface area contributed by atoms with Gasteiger partial charge >= 0.3 is 0 Å². The molecule has 0 spiro atoms. The number of rotatable bonds is 6. The van der Waals surface area contributed by atoms with Crippen molar-refractivity contribution >= 4 is 35.6 Å². The molecule has 3 rings (SSSR count). The predicted octanol–water partition coefficient (Wildman–Crippen LogP) is 5.01.